The fraction of sp³-hybridized carbons (Fsp3) is 0.556. The summed E-state index contributed by atoms with van der Waals surface area (Å²) >= 11 is 0. The lowest BCUT2D eigenvalue weighted by atomic mass is 10.5. The predicted molar refractivity (Wildman–Crippen MR) is 50.5 cm³/mol. The third kappa shape index (κ3) is 6.05. The van der Waals surface area contributed by atoms with Gasteiger partial charge in [-0.1, -0.05) is 6.58 Å². The molecule has 1 N–H and O–H groups in total. The Bertz CT molecular complexity index is 225. The summed E-state index contributed by atoms with van der Waals surface area (Å²) < 4.78 is 9.45. The van der Waals surface area contributed by atoms with Crippen LogP contribution in [0.15, 0.2) is 12.7 Å². The monoisotopic (exact) mass is 201 g/mol. The first-order valence-corrected chi connectivity index (χ1v) is 4.26. The zero-order valence-electron chi connectivity index (χ0n) is 8.57. The van der Waals surface area contributed by atoms with Crippen LogP contribution in [0.5, 0.6) is 0 Å². The second-order valence-electron chi connectivity index (χ2n) is 2.88. The molecule has 0 heterocycles. The number of esters is 1. The summed E-state index contributed by atoms with van der Waals surface area (Å²) in [5.74, 6) is -0.595. The molecule has 14 heavy (non-hydrogen) atoms. The Kier molecular flexibility index (Phi) is 5.36. The van der Waals surface area contributed by atoms with E-state index in [1.165, 1.54) is 6.92 Å². The molecule has 0 bridgehead atoms. The van der Waals surface area contributed by atoms with E-state index in [2.05, 4.69) is 16.6 Å². The number of carbonyl (C=O) groups excluding carboxylic acids is 2. The Hall–Kier alpha value is -1.52. The van der Waals surface area contributed by atoms with Crippen LogP contribution in [-0.2, 0) is 14.3 Å². The summed E-state index contributed by atoms with van der Waals surface area (Å²) in [6, 6.07) is 0. The maximum atomic E-state index is 11.0. The second kappa shape index (κ2) is 6.01. The molecule has 0 aromatic rings. The van der Waals surface area contributed by atoms with Gasteiger partial charge in [-0.3, -0.25) is 5.32 Å². The summed E-state index contributed by atoms with van der Waals surface area (Å²) in [5.41, 5.74) is 0. The largest absolute Gasteiger partial charge is 0.447 e. The Morgan fingerprint density at radius 3 is 2.29 bits per heavy atom. The molecule has 1 atom stereocenters. The summed E-state index contributed by atoms with van der Waals surface area (Å²) in [5, 5.41) is 2.32. The van der Waals surface area contributed by atoms with Crippen molar-refractivity contribution in [1.29, 1.82) is 0 Å². The summed E-state index contributed by atoms with van der Waals surface area (Å²) in [7, 11) is 0. The maximum Gasteiger partial charge on any atom is 0.410 e. The molecule has 80 valence electrons. The molecule has 0 spiro atoms. The van der Waals surface area contributed by atoms with Gasteiger partial charge in [0, 0.05) is 6.08 Å². The van der Waals surface area contributed by atoms with Crippen molar-refractivity contribution in [3.63, 3.8) is 0 Å². The van der Waals surface area contributed by atoms with Crippen LogP contribution in [0, 0.1) is 0 Å². The minimum atomic E-state index is -0.730. The van der Waals surface area contributed by atoms with Crippen LogP contribution in [-0.4, -0.2) is 24.4 Å². The molecule has 0 saturated carbocycles. The van der Waals surface area contributed by atoms with E-state index in [0.29, 0.717) is 0 Å². The number of carbonyl (C=O) groups is 2. The van der Waals surface area contributed by atoms with E-state index in [-0.39, 0.29) is 6.10 Å². The van der Waals surface area contributed by atoms with E-state index >= 15 is 0 Å². The normalized spacial score (nSPS) is 11.7. The molecule has 0 aromatic heterocycles. The first-order chi connectivity index (χ1) is 6.45. The summed E-state index contributed by atoms with van der Waals surface area (Å²) in [4.78, 5) is 21.7. The highest BCUT2D eigenvalue weighted by molar-refractivity contribution is 5.81. The molecule has 0 aliphatic carbocycles. The zero-order valence-corrected chi connectivity index (χ0v) is 8.57. The molecular weight excluding hydrogens is 186 g/mol. The van der Waals surface area contributed by atoms with Gasteiger partial charge in [0.1, 0.15) is 0 Å². The summed E-state index contributed by atoms with van der Waals surface area (Å²) in [6.45, 7) is 8.18. The van der Waals surface area contributed by atoms with Crippen molar-refractivity contribution in [3.05, 3.63) is 12.7 Å². The predicted octanol–water partition coefficient (Wildman–Crippen LogP) is 1.20. The fourth-order valence-electron chi connectivity index (χ4n) is 0.666. The molecule has 0 radical (unpaired) electrons. The second-order valence-corrected chi connectivity index (χ2v) is 2.88. The molecule has 1 unspecified atom stereocenters. The molecule has 0 aliphatic rings. The smallest absolute Gasteiger partial charge is 0.410 e. The third-order valence-electron chi connectivity index (χ3n) is 1.12. The lowest BCUT2D eigenvalue weighted by Crippen LogP contribution is -2.37. The van der Waals surface area contributed by atoms with Gasteiger partial charge < -0.3 is 9.47 Å². The van der Waals surface area contributed by atoms with Crippen LogP contribution in [0.1, 0.15) is 20.8 Å². The minimum absolute atomic E-state index is 0.211. The maximum absolute atomic E-state index is 11.0. The number of hydrogen-bond donors (Lipinski definition) is 1. The van der Waals surface area contributed by atoms with E-state index in [1.807, 2.05) is 0 Å². The van der Waals surface area contributed by atoms with Crippen LogP contribution in [0.4, 0.5) is 4.79 Å². The van der Waals surface area contributed by atoms with Gasteiger partial charge in [0.25, 0.3) is 0 Å². The van der Waals surface area contributed by atoms with Crippen molar-refractivity contribution < 1.29 is 19.1 Å². The van der Waals surface area contributed by atoms with Gasteiger partial charge in [-0.2, -0.15) is 0 Å². The number of alkyl carbamates (subject to hydrolysis) is 1. The van der Waals surface area contributed by atoms with E-state index in [1.54, 1.807) is 13.8 Å². The number of amides is 1. The Morgan fingerprint density at radius 1 is 1.29 bits per heavy atom. The molecule has 0 aromatic carbocycles. The van der Waals surface area contributed by atoms with Gasteiger partial charge >= 0.3 is 12.1 Å². The highest BCUT2D eigenvalue weighted by Crippen LogP contribution is 1.92. The van der Waals surface area contributed by atoms with E-state index in [0.717, 1.165) is 6.08 Å². The molecule has 5 nitrogen and oxygen atoms in total. The van der Waals surface area contributed by atoms with Crippen molar-refractivity contribution >= 4 is 12.1 Å². The van der Waals surface area contributed by atoms with Gasteiger partial charge in [0.2, 0.25) is 0 Å². The Balaban J connectivity index is 3.82. The minimum Gasteiger partial charge on any atom is -0.447 e. The zero-order chi connectivity index (χ0) is 11.1. The van der Waals surface area contributed by atoms with Crippen molar-refractivity contribution in [2.45, 2.75) is 33.1 Å². The molecule has 0 rings (SSSR count). The van der Waals surface area contributed by atoms with Gasteiger partial charge in [0.15, 0.2) is 6.23 Å². The standard InChI is InChI=1S/C9H15NO4/c1-5-8(11)14-7(4)10-9(12)13-6(2)3/h5-7H,1H2,2-4H3,(H,10,12). The van der Waals surface area contributed by atoms with Crippen LogP contribution in [0.2, 0.25) is 0 Å². The lowest BCUT2D eigenvalue weighted by molar-refractivity contribution is -0.143. The number of ether oxygens (including phenoxy) is 2. The first kappa shape index (κ1) is 12.5. The topological polar surface area (TPSA) is 64.6 Å². The van der Waals surface area contributed by atoms with Crippen LogP contribution >= 0.6 is 0 Å². The number of rotatable bonds is 4. The SMILES string of the molecule is C=CC(=O)OC(C)NC(=O)OC(C)C. The van der Waals surface area contributed by atoms with Crippen molar-refractivity contribution in [1.82, 2.24) is 5.32 Å². The van der Waals surface area contributed by atoms with Gasteiger partial charge in [-0.15, -0.1) is 0 Å². The Labute approximate surface area is 83.1 Å². The van der Waals surface area contributed by atoms with Crippen molar-refractivity contribution in [2.24, 2.45) is 0 Å². The third-order valence-corrected chi connectivity index (χ3v) is 1.12. The summed E-state index contributed by atoms with van der Waals surface area (Å²) in [6.07, 6.45) is -0.542. The number of hydrogen-bond acceptors (Lipinski definition) is 4. The first-order valence-electron chi connectivity index (χ1n) is 4.26. The molecule has 1 amide bonds. The van der Waals surface area contributed by atoms with E-state index in [9.17, 15) is 9.59 Å². The van der Waals surface area contributed by atoms with E-state index < -0.39 is 18.3 Å². The van der Waals surface area contributed by atoms with Crippen LogP contribution in [0.25, 0.3) is 0 Å². The molecule has 0 aliphatic heterocycles. The highest BCUT2D eigenvalue weighted by Gasteiger charge is 2.11. The average molecular weight is 201 g/mol. The van der Waals surface area contributed by atoms with Gasteiger partial charge in [-0.25, -0.2) is 9.59 Å². The van der Waals surface area contributed by atoms with Gasteiger partial charge in [-0.05, 0) is 20.8 Å². The van der Waals surface area contributed by atoms with Crippen LogP contribution in [0.3, 0.4) is 0 Å². The quantitative estimate of drug-likeness (QED) is 0.421. The van der Waals surface area contributed by atoms with Crippen molar-refractivity contribution in [3.8, 4) is 0 Å². The highest BCUT2D eigenvalue weighted by atomic mass is 16.6. The molecule has 5 heteroatoms. The average Bonchev–Trinajstić information content (AvgIpc) is 2.01. The molecular formula is C9H15NO4. The molecule has 0 fully saturated rings. The van der Waals surface area contributed by atoms with Crippen molar-refractivity contribution in [2.75, 3.05) is 0 Å². The van der Waals surface area contributed by atoms with Gasteiger partial charge in [0.05, 0.1) is 6.10 Å². The van der Waals surface area contributed by atoms with E-state index in [4.69, 9.17) is 4.74 Å². The van der Waals surface area contributed by atoms with Crippen LogP contribution < -0.4 is 5.32 Å². The lowest BCUT2D eigenvalue weighted by Gasteiger charge is -2.15. The Morgan fingerprint density at radius 2 is 1.86 bits per heavy atom. The fourth-order valence-corrected chi connectivity index (χ4v) is 0.666. The molecule has 0 saturated heterocycles. The number of nitrogens with one attached hydrogen (secondary N) is 1.